The first-order valence-corrected chi connectivity index (χ1v) is 26.0. The molecular weight excluding hydrogens is 872 g/mol. The van der Waals surface area contributed by atoms with Crippen molar-refractivity contribution in [1.29, 1.82) is 0 Å². The highest BCUT2D eigenvalue weighted by molar-refractivity contribution is 8.00. The lowest BCUT2D eigenvalue weighted by molar-refractivity contribution is 0.383. The third-order valence-electron chi connectivity index (χ3n) is 11.1. The second-order valence-electron chi connectivity index (χ2n) is 16.6. The summed E-state index contributed by atoms with van der Waals surface area (Å²) in [6.45, 7) is 19.0. The Bertz CT molecular complexity index is 2440. The molecule has 0 atom stereocenters. The molecule has 0 radical (unpaired) electrons. The molecule has 6 nitrogen and oxygen atoms in total. The van der Waals surface area contributed by atoms with Gasteiger partial charge in [0, 0.05) is 29.4 Å². The minimum Gasteiger partial charge on any atom is -0.508 e. The highest BCUT2D eigenvalue weighted by Crippen LogP contribution is 2.49. The summed E-state index contributed by atoms with van der Waals surface area (Å²) in [5, 5.41) is 30.8. The van der Waals surface area contributed by atoms with E-state index in [0.29, 0.717) is 11.5 Å². The number of aryl methyl sites for hydroxylation is 9. The smallest absolute Gasteiger partial charge is 0.508 e. The summed E-state index contributed by atoms with van der Waals surface area (Å²) >= 11 is 5.11. The maximum Gasteiger partial charge on any atom is 0.530 e. The average Bonchev–Trinajstić information content (AvgIpc) is 3.24. The van der Waals surface area contributed by atoms with Gasteiger partial charge in [0.1, 0.15) is 34.5 Å². The predicted molar refractivity (Wildman–Crippen MR) is 269 cm³/mol. The number of rotatable bonds is 21. The van der Waals surface area contributed by atoms with Crippen LogP contribution < -0.4 is 13.6 Å². The maximum absolute atomic E-state index is 10.7. The van der Waals surface area contributed by atoms with Crippen LogP contribution in [0.4, 0.5) is 0 Å². The summed E-state index contributed by atoms with van der Waals surface area (Å²) in [4.78, 5) is 6.70. The zero-order chi connectivity index (χ0) is 45.9. The zero-order valence-corrected chi connectivity index (χ0v) is 42.1. The molecule has 0 aliphatic rings. The molecule has 0 aliphatic carbocycles. The first kappa shape index (κ1) is 49.0. The second-order valence-corrected chi connectivity index (χ2v) is 20.9. The third-order valence-corrected chi connectivity index (χ3v) is 16.2. The minimum absolute atomic E-state index is 0.264. The van der Waals surface area contributed by atoms with Crippen molar-refractivity contribution in [2.24, 2.45) is 0 Å². The third kappa shape index (κ3) is 13.1. The Morgan fingerprint density at radius 2 is 0.781 bits per heavy atom. The Hall–Kier alpha value is -4.40. The van der Waals surface area contributed by atoms with Gasteiger partial charge in [0.15, 0.2) is 0 Å². The number of benzene rings is 6. The summed E-state index contributed by atoms with van der Waals surface area (Å²) in [6.07, 6.45) is 8.70. The van der Waals surface area contributed by atoms with Crippen molar-refractivity contribution in [1.82, 2.24) is 0 Å². The summed E-state index contributed by atoms with van der Waals surface area (Å²) < 4.78 is 20.8. The largest absolute Gasteiger partial charge is 0.530 e. The SMILES string of the molecule is CCCCc1cc(Sc2ccc(OP(Oc3cc(C)c(Sc4ccc(O)cc4C)cc3CCCC)Oc3cc(C)c(Sc4ccc(O)cc4C)cc3CCCC)cc2C)c(C)cc1O. The number of unbranched alkanes of at least 4 members (excludes halogenated alkanes) is 3. The van der Waals surface area contributed by atoms with E-state index in [9.17, 15) is 15.3 Å². The average molecular weight is 935 g/mol. The Kier molecular flexibility index (Phi) is 17.8. The van der Waals surface area contributed by atoms with Gasteiger partial charge < -0.3 is 28.9 Å². The molecule has 0 saturated heterocycles. The van der Waals surface area contributed by atoms with Crippen molar-refractivity contribution >= 4 is 43.9 Å². The molecule has 0 heterocycles. The molecule has 0 aromatic heterocycles. The van der Waals surface area contributed by atoms with Gasteiger partial charge in [0.25, 0.3) is 0 Å². The highest BCUT2D eigenvalue weighted by Gasteiger charge is 2.26. The van der Waals surface area contributed by atoms with E-state index in [-0.39, 0.29) is 11.5 Å². The molecule has 64 heavy (non-hydrogen) atoms. The lowest BCUT2D eigenvalue weighted by Gasteiger charge is -2.23. The van der Waals surface area contributed by atoms with Crippen molar-refractivity contribution in [3.8, 4) is 34.5 Å². The number of hydrogen-bond acceptors (Lipinski definition) is 9. The van der Waals surface area contributed by atoms with Gasteiger partial charge in [-0.05, 0) is 221 Å². The van der Waals surface area contributed by atoms with Gasteiger partial charge in [-0.3, -0.25) is 0 Å². The fourth-order valence-corrected chi connectivity index (χ4v) is 11.4. The zero-order valence-electron chi connectivity index (χ0n) is 38.8. The van der Waals surface area contributed by atoms with Crippen molar-refractivity contribution in [2.75, 3.05) is 0 Å². The van der Waals surface area contributed by atoms with Gasteiger partial charge in [0.05, 0.1) is 0 Å². The first-order chi connectivity index (χ1) is 30.7. The number of aromatic hydroxyl groups is 3. The van der Waals surface area contributed by atoms with E-state index in [4.69, 9.17) is 13.6 Å². The van der Waals surface area contributed by atoms with Crippen LogP contribution in [0.1, 0.15) is 109 Å². The molecule has 0 bridgehead atoms. The summed E-state index contributed by atoms with van der Waals surface area (Å²) in [5.74, 6) is 3.04. The van der Waals surface area contributed by atoms with Gasteiger partial charge in [-0.25, -0.2) is 0 Å². The molecule has 0 unspecified atom stereocenters. The molecular formula is C54H63O6PS3. The first-order valence-electron chi connectivity index (χ1n) is 22.4. The van der Waals surface area contributed by atoms with Crippen LogP contribution in [0.5, 0.6) is 34.5 Å². The van der Waals surface area contributed by atoms with Gasteiger partial charge in [0.2, 0.25) is 0 Å². The Labute approximate surface area is 395 Å². The van der Waals surface area contributed by atoms with Crippen LogP contribution in [0.2, 0.25) is 0 Å². The number of phenols is 3. The van der Waals surface area contributed by atoms with Crippen LogP contribution in [0.15, 0.2) is 120 Å². The van der Waals surface area contributed by atoms with Crippen LogP contribution in [-0.2, 0) is 19.3 Å². The van der Waals surface area contributed by atoms with Crippen LogP contribution in [0, 0.1) is 41.5 Å². The summed E-state index contributed by atoms with van der Waals surface area (Å²) in [5.41, 5.74) is 9.48. The monoisotopic (exact) mass is 934 g/mol. The Morgan fingerprint density at radius 1 is 0.406 bits per heavy atom. The standard InChI is InChI=1S/C54H63O6PS3/c1-10-13-16-40-31-52(37(7)28-46(40)57)64-51-24-21-45(27-36(51)6)58-61(59-47-29-38(8)53(32-41(47)17-14-11-2)62-49-22-19-43(55)25-34(49)4)60-48-30-39(9)54(33-42(48)18-15-12-3)63-50-23-20-44(56)26-35(50)5/h19-33,55-57H,10-18H2,1-9H3. The van der Waals surface area contributed by atoms with E-state index in [1.54, 1.807) is 59.6 Å². The van der Waals surface area contributed by atoms with Crippen LogP contribution in [-0.4, -0.2) is 15.3 Å². The Morgan fingerprint density at radius 3 is 1.20 bits per heavy atom. The van der Waals surface area contributed by atoms with E-state index >= 15 is 0 Å². The molecule has 0 spiro atoms. The number of phenolic OH excluding ortho intramolecular Hbond substituents is 3. The van der Waals surface area contributed by atoms with Crippen molar-refractivity contribution in [3.63, 3.8) is 0 Å². The second kappa shape index (κ2) is 23.2. The quantitative estimate of drug-likeness (QED) is 0.0611. The molecule has 0 fully saturated rings. The van der Waals surface area contributed by atoms with E-state index < -0.39 is 8.60 Å². The molecule has 10 heteroatoms. The van der Waals surface area contributed by atoms with Crippen molar-refractivity contribution < 1.29 is 28.9 Å². The van der Waals surface area contributed by atoms with E-state index in [1.807, 2.05) is 45.0 Å². The predicted octanol–water partition coefficient (Wildman–Crippen LogP) is 16.9. The van der Waals surface area contributed by atoms with Crippen LogP contribution >= 0.6 is 43.9 Å². The fraction of sp³-hybridized carbons (Fsp3) is 0.333. The topological polar surface area (TPSA) is 88.4 Å². The molecule has 6 rings (SSSR count). The summed E-state index contributed by atoms with van der Waals surface area (Å²) in [6, 6.07) is 29.9. The van der Waals surface area contributed by atoms with Gasteiger partial charge in [-0.15, -0.1) is 0 Å². The Balaban J connectivity index is 1.37. The maximum atomic E-state index is 10.7. The molecule has 6 aromatic rings. The normalized spacial score (nSPS) is 11.3. The van der Waals surface area contributed by atoms with Crippen molar-refractivity contribution in [3.05, 3.63) is 141 Å². The van der Waals surface area contributed by atoms with E-state index in [1.165, 1.54) is 0 Å². The van der Waals surface area contributed by atoms with Crippen LogP contribution in [0.3, 0.4) is 0 Å². The minimum atomic E-state index is -2.00. The molecule has 0 aliphatic heterocycles. The molecule has 338 valence electrons. The summed E-state index contributed by atoms with van der Waals surface area (Å²) in [7, 11) is -2.00. The lowest BCUT2D eigenvalue weighted by Crippen LogP contribution is -2.06. The van der Waals surface area contributed by atoms with E-state index in [2.05, 4.69) is 84.0 Å². The van der Waals surface area contributed by atoms with Crippen molar-refractivity contribution in [2.45, 2.75) is 149 Å². The highest BCUT2D eigenvalue weighted by atomic mass is 32.2. The van der Waals surface area contributed by atoms with Gasteiger partial charge >= 0.3 is 8.60 Å². The lowest BCUT2D eigenvalue weighted by atomic mass is 10.1. The molecule has 0 amide bonds. The molecule has 0 saturated carbocycles. The van der Waals surface area contributed by atoms with Crippen LogP contribution in [0.25, 0.3) is 0 Å². The fourth-order valence-electron chi connectivity index (χ4n) is 7.26. The van der Waals surface area contributed by atoms with Gasteiger partial charge in [-0.1, -0.05) is 75.3 Å². The number of hydrogen-bond donors (Lipinski definition) is 3. The molecule has 6 aromatic carbocycles. The molecule has 3 N–H and O–H groups in total. The van der Waals surface area contributed by atoms with E-state index in [0.717, 1.165) is 149 Å². The van der Waals surface area contributed by atoms with Gasteiger partial charge in [-0.2, -0.15) is 0 Å².